The van der Waals surface area contributed by atoms with Crippen LogP contribution in [0.15, 0.2) is 11.1 Å². The van der Waals surface area contributed by atoms with Crippen LogP contribution in [0.2, 0.25) is 0 Å². The van der Waals surface area contributed by atoms with Crippen LogP contribution >= 0.6 is 0 Å². The average molecular weight is 152 g/mol. The number of rotatable bonds is 2. The molecule has 0 bridgehead atoms. The normalized spacial score (nSPS) is 18.7. The van der Waals surface area contributed by atoms with Gasteiger partial charge in [0.05, 0.1) is 0 Å². The molecule has 11 heavy (non-hydrogen) atoms. The summed E-state index contributed by atoms with van der Waals surface area (Å²) in [6, 6.07) is 0. The van der Waals surface area contributed by atoms with Gasteiger partial charge >= 0.3 is 0 Å². The van der Waals surface area contributed by atoms with Crippen molar-refractivity contribution in [3.8, 4) is 0 Å². The SMILES string of the molecule is CCC1=C(C(C)=O)CCCC1. The van der Waals surface area contributed by atoms with Gasteiger partial charge in [-0.05, 0) is 44.6 Å². The fourth-order valence-corrected chi connectivity index (χ4v) is 1.78. The van der Waals surface area contributed by atoms with Crippen molar-refractivity contribution >= 4 is 5.78 Å². The topological polar surface area (TPSA) is 17.1 Å². The van der Waals surface area contributed by atoms with Crippen molar-refractivity contribution < 1.29 is 4.79 Å². The van der Waals surface area contributed by atoms with Crippen LogP contribution < -0.4 is 0 Å². The maximum atomic E-state index is 11.1. The van der Waals surface area contributed by atoms with Crippen LogP contribution in [-0.2, 0) is 4.79 Å². The third-order valence-electron chi connectivity index (χ3n) is 2.43. The molecule has 0 aliphatic heterocycles. The van der Waals surface area contributed by atoms with E-state index in [0.29, 0.717) is 5.78 Å². The van der Waals surface area contributed by atoms with Crippen molar-refractivity contribution in [2.75, 3.05) is 0 Å². The second-order valence-corrected chi connectivity index (χ2v) is 3.20. The van der Waals surface area contributed by atoms with Gasteiger partial charge in [-0.1, -0.05) is 12.5 Å². The van der Waals surface area contributed by atoms with Gasteiger partial charge in [-0.25, -0.2) is 0 Å². The zero-order chi connectivity index (χ0) is 8.27. The molecule has 0 saturated heterocycles. The lowest BCUT2D eigenvalue weighted by atomic mass is 9.88. The van der Waals surface area contributed by atoms with Crippen LogP contribution in [0.5, 0.6) is 0 Å². The summed E-state index contributed by atoms with van der Waals surface area (Å²) in [6.07, 6.45) is 5.73. The van der Waals surface area contributed by atoms with Gasteiger partial charge in [-0.3, -0.25) is 4.79 Å². The third-order valence-corrected chi connectivity index (χ3v) is 2.43. The lowest BCUT2D eigenvalue weighted by Gasteiger charge is -2.16. The third kappa shape index (κ3) is 1.92. The molecule has 0 heterocycles. The molecule has 0 aromatic rings. The lowest BCUT2D eigenvalue weighted by Crippen LogP contribution is -2.06. The molecule has 1 heteroatoms. The Hall–Kier alpha value is -0.590. The Morgan fingerprint density at radius 1 is 1.36 bits per heavy atom. The van der Waals surface area contributed by atoms with Gasteiger partial charge < -0.3 is 0 Å². The molecule has 62 valence electrons. The quantitative estimate of drug-likeness (QED) is 0.594. The summed E-state index contributed by atoms with van der Waals surface area (Å²) in [5.74, 6) is 0.293. The molecule has 0 saturated carbocycles. The fourth-order valence-electron chi connectivity index (χ4n) is 1.78. The first-order valence-electron chi connectivity index (χ1n) is 4.47. The number of allylic oxidation sites excluding steroid dienone is 2. The van der Waals surface area contributed by atoms with Crippen molar-refractivity contribution in [2.45, 2.75) is 46.0 Å². The van der Waals surface area contributed by atoms with Gasteiger partial charge in [0, 0.05) is 0 Å². The van der Waals surface area contributed by atoms with Gasteiger partial charge in [0.25, 0.3) is 0 Å². The van der Waals surface area contributed by atoms with Gasteiger partial charge in [-0.15, -0.1) is 0 Å². The molecule has 1 rings (SSSR count). The molecule has 1 nitrogen and oxygen atoms in total. The summed E-state index contributed by atoms with van der Waals surface area (Å²) < 4.78 is 0. The van der Waals surface area contributed by atoms with E-state index in [9.17, 15) is 4.79 Å². The minimum atomic E-state index is 0.293. The molecule has 0 radical (unpaired) electrons. The second-order valence-electron chi connectivity index (χ2n) is 3.20. The molecule has 0 N–H and O–H groups in total. The Labute approximate surface area is 68.5 Å². The molecular formula is C10H16O. The number of carbonyl (C=O) groups excluding carboxylic acids is 1. The Bertz CT molecular complexity index is 189. The first kappa shape index (κ1) is 8.51. The average Bonchev–Trinajstić information content (AvgIpc) is 2.04. The predicted octanol–water partition coefficient (Wildman–Crippen LogP) is 2.86. The van der Waals surface area contributed by atoms with Gasteiger partial charge in [-0.2, -0.15) is 0 Å². The van der Waals surface area contributed by atoms with Crippen LogP contribution in [0.25, 0.3) is 0 Å². The fraction of sp³-hybridized carbons (Fsp3) is 0.700. The van der Waals surface area contributed by atoms with E-state index in [1.807, 2.05) is 0 Å². The summed E-state index contributed by atoms with van der Waals surface area (Å²) in [5.41, 5.74) is 2.53. The molecule has 0 aromatic carbocycles. The Morgan fingerprint density at radius 2 is 2.00 bits per heavy atom. The molecule has 0 unspecified atom stereocenters. The maximum Gasteiger partial charge on any atom is 0.155 e. The monoisotopic (exact) mass is 152 g/mol. The van der Waals surface area contributed by atoms with Crippen molar-refractivity contribution in [1.29, 1.82) is 0 Å². The largest absolute Gasteiger partial charge is 0.295 e. The Kier molecular flexibility index (Phi) is 2.86. The van der Waals surface area contributed by atoms with E-state index in [1.54, 1.807) is 6.92 Å². The van der Waals surface area contributed by atoms with Crippen molar-refractivity contribution in [2.24, 2.45) is 0 Å². The van der Waals surface area contributed by atoms with E-state index in [0.717, 1.165) is 24.8 Å². The number of carbonyl (C=O) groups is 1. The number of ketones is 1. The first-order valence-corrected chi connectivity index (χ1v) is 4.47. The van der Waals surface area contributed by atoms with E-state index in [-0.39, 0.29) is 0 Å². The number of hydrogen-bond acceptors (Lipinski definition) is 1. The van der Waals surface area contributed by atoms with Gasteiger partial charge in [0.1, 0.15) is 0 Å². The lowest BCUT2D eigenvalue weighted by molar-refractivity contribution is -0.113. The summed E-state index contributed by atoms with van der Waals surface area (Å²) >= 11 is 0. The van der Waals surface area contributed by atoms with Crippen molar-refractivity contribution in [3.63, 3.8) is 0 Å². The van der Waals surface area contributed by atoms with E-state index >= 15 is 0 Å². The van der Waals surface area contributed by atoms with E-state index in [1.165, 1.54) is 18.4 Å². The zero-order valence-electron chi connectivity index (χ0n) is 7.44. The molecular weight excluding hydrogens is 136 g/mol. The van der Waals surface area contributed by atoms with Gasteiger partial charge in [0.15, 0.2) is 5.78 Å². The summed E-state index contributed by atoms with van der Waals surface area (Å²) in [6.45, 7) is 3.83. The van der Waals surface area contributed by atoms with Crippen LogP contribution in [0.4, 0.5) is 0 Å². The highest BCUT2D eigenvalue weighted by Crippen LogP contribution is 2.26. The minimum absolute atomic E-state index is 0.293. The summed E-state index contributed by atoms with van der Waals surface area (Å²) in [5, 5.41) is 0. The molecule has 0 fully saturated rings. The predicted molar refractivity (Wildman–Crippen MR) is 46.5 cm³/mol. The van der Waals surface area contributed by atoms with Crippen LogP contribution in [0.1, 0.15) is 46.0 Å². The van der Waals surface area contributed by atoms with Crippen molar-refractivity contribution in [1.82, 2.24) is 0 Å². The minimum Gasteiger partial charge on any atom is -0.295 e. The molecule has 1 aliphatic carbocycles. The highest BCUT2D eigenvalue weighted by Gasteiger charge is 2.13. The Balaban J connectivity index is 2.81. The highest BCUT2D eigenvalue weighted by atomic mass is 16.1. The van der Waals surface area contributed by atoms with Crippen LogP contribution in [0, 0.1) is 0 Å². The molecule has 0 atom stereocenters. The maximum absolute atomic E-state index is 11.1. The standard InChI is InChI=1S/C10H16O/c1-3-9-6-4-5-7-10(9)8(2)11/h3-7H2,1-2H3. The molecule has 0 spiro atoms. The number of hydrogen-bond donors (Lipinski definition) is 0. The molecule has 0 amide bonds. The van der Waals surface area contributed by atoms with Gasteiger partial charge in [0.2, 0.25) is 0 Å². The van der Waals surface area contributed by atoms with E-state index in [2.05, 4.69) is 6.92 Å². The molecule has 1 aliphatic rings. The summed E-state index contributed by atoms with van der Waals surface area (Å²) in [7, 11) is 0. The van der Waals surface area contributed by atoms with Crippen LogP contribution in [-0.4, -0.2) is 5.78 Å². The second kappa shape index (κ2) is 3.70. The molecule has 0 aromatic heterocycles. The van der Waals surface area contributed by atoms with E-state index in [4.69, 9.17) is 0 Å². The zero-order valence-corrected chi connectivity index (χ0v) is 7.44. The summed E-state index contributed by atoms with van der Waals surface area (Å²) in [4.78, 5) is 11.1. The Morgan fingerprint density at radius 3 is 2.45 bits per heavy atom. The number of Topliss-reactive ketones (excluding diaryl/α,β-unsaturated/α-hetero) is 1. The van der Waals surface area contributed by atoms with Crippen molar-refractivity contribution in [3.05, 3.63) is 11.1 Å². The smallest absolute Gasteiger partial charge is 0.155 e. The highest BCUT2D eigenvalue weighted by molar-refractivity contribution is 5.94. The van der Waals surface area contributed by atoms with Crippen LogP contribution in [0.3, 0.4) is 0 Å². The van der Waals surface area contributed by atoms with E-state index < -0.39 is 0 Å². The first-order chi connectivity index (χ1) is 5.25.